The van der Waals surface area contributed by atoms with Gasteiger partial charge in [0.25, 0.3) is 0 Å². The van der Waals surface area contributed by atoms with Crippen LogP contribution in [-0.4, -0.2) is 62.3 Å². The summed E-state index contributed by atoms with van der Waals surface area (Å²) in [5.74, 6) is -0.354. The predicted octanol–water partition coefficient (Wildman–Crippen LogP) is 7.62. The summed E-state index contributed by atoms with van der Waals surface area (Å²) in [6, 6.07) is 19.7. The van der Waals surface area contributed by atoms with Crippen molar-refractivity contribution < 1.29 is 24.5 Å². The topological polar surface area (TPSA) is 90.3 Å². The summed E-state index contributed by atoms with van der Waals surface area (Å²) in [5.41, 5.74) is 0.0138. The number of aliphatic hydroxyl groups is 1. The fraction of sp³-hybridized carbons (Fsp3) is 0.486. The summed E-state index contributed by atoms with van der Waals surface area (Å²) in [5, 5.41) is 24.5. The van der Waals surface area contributed by atoms with Gasteiger partial charge in [-0.3, -0.25) is 4.79 Å². The van der Waals surface area contributed by atoms with Crippen molar-refractivity contribution in [2.75, 3.05) is 13.1 Å². The van der Waals surface area contributed by atoms with Crippen LogP contribution in [0.4, 0.5) is 4.79 Å². The highest BCUT2D eigenvalue weighted by Crippen LogP contribution is 2.43. The van der Waals surface area contributed by atoms with Gasteiger partial charge in [-0.2, -0.15) is 0 Å². The van der Waals surface area contributed by atoms with Gasteiger partial charge in [0.2, 0.25) is 5.91 Å². The molecule has 1 saturated heterocycles. The standard InChI is InChI=1S/C35H43ClN2O5/c1-34(2,3)38(33(40)41)28-15-19-37(20-16-28)32(39)31(35(42)17-7-4-8-18-35)27-13-14-30(29(36)22-27)43-23-24-11-12-25-9-5-6-10-26(25)21-24/h5-6,9-14,21-22,28,31,42H,4,7-8,15-20,23H2,1-3H3,(H,40,41). The second kappa shape index (κ2) is 12.7. The molecule has 1 aliphatic carbocycles. The van der Waals surface area contributed by atoms with Crippen molar-refractivity contribution in [2.45, 2.75) is 95.4 Å². The van der Waals surface area contributed by atoms with Crippen molar-refractivity contribution in [3.63, 3.8) is 0 Å². The van der Waals surface area contributed by atoms with Crippen molar-refractivity contribution in [1.29, 1.82) is 0 Å². The first-order valence-corrected chi connectivity index (χ1v) is 15.8. The third-order valence-corrected chi connectivity index (χ3v) is 9.37. The lowest BCUT2D eigenvalue weighted by Gasteiger charge is -2.45. The third-order valence-electron chi connectivity index (χ3n) is 9.07. The molecule has 1 unspecified atom stereocenters. The van der Waals surface area contributed by atoms with Crippen LogP contribution in [-0.2, 0) is 11.4 Å². The molecule has 0 bridgehead atoms. The van der Waals surface area contributed by atoms with E-state index in [1.54, 1.807) is 17.0 Å². The van der Waals surface area contributed by atoms with E-state index in [4.69, 9.17) is 16.3 Å². The van der Waals surface area contributed by atoms with Crippen LogP contribution in [0.25, 0.3) is 10.8 Å². The molecule has 1 aliphatic heterocycles. The first kappa shape index (κ1) is 31.1. The Morgan fingerprint density at radius 2 is 1.67 bits per heavy atom. The number of amides is 2. The van der Waals surface area contributed by atoms with Crippen molar-refractivity contribution in [1.82, 2.24) is 9.80 Å². The minimum atomic E-state index is -1.17. The SMILES string of the molecule is CC(C)(C)N(C(=O)O)C1CCN(C(=O)C(c2ccc(OCc3ccc4ccccc4c3)c(Cl)c2)C2(O)CCCCC2)CC1. The van der Waals surface area contributed by atoms with Gasteiger partial charge in [0.05, 0.1) is 16.5 Å². The zero-order valence-corrected chi connectivity index (χ0v) is 26.1. The fourth-order valence-electron chi connectivity index (χ4n) is 6.96. The Morgan fingerprint density at radius 1 is 1.00 bits per heavy atom. The minimum Gasteiger partial charge on any atom is -0.487 e. The number of fused-ring (bicyclic) bond motifs is 1. The highest BCUT2D eigenvalue weighted by molar-refractivity contribution is 6.32. The summed E-state index contributed by atoms with van der Waals surface area (Å²) >= 11 is 6.74. The van der Waals surface area contributed by atoms with E-state index in [1.807, 2.05) is 45.0 Å². The van der Waals surface area contributed by atoms with Gasteiger partial charge in [-0.25, -0.2) is 4.79 Å². The van der Waals surface area contributed by atoms with Crippen LogP contribution in [0.2, 0.25) is 5.02 Å². The molecular weight excluding hydrogens is 564 g/mol. The van der Waals surface area contributed by atoms with Crippen molar-refractivity contribution in [3.05, 3.63) is 76.8 Å². The summed E-state index contributed by atoms with van der Waals surface area (Å²) in [6.07, 6.45) is 4.04. The summed E-state index contributed by atoms with van der Waals surface area (Å²) in [6.45, 7) is 6.92. The molecule has 0 radical (unpaired) electrons. The summed E-state index contributed by atoms with van der Waals surface area (Å²) < 4.78 is 6.09. The van der Waals surface area contributed by atoms with E-state index < -0.39 is 23.2 Å². The largest absolute Gasteiger partial charge is 0.487 e. The van der Waals surface area contributed by atoms with E-state index in [1.165, 1.54) is 10.3 Å². The molecule has 7 nitrogen and oxygen atoms in total. The average Bonchev–Trinajstić information content (AvgIpc) is 2.96. The number of hydrogen-bond acceptors (Lipinski definition) is 4. The molecule has 2 amide bonds. The molecule has 5 rings (SSSR count). The van der Waals surface area contributed by atoms with E-state index in [0.29, 0.717) is 61.7 Å². The smallest absolute Gasteiger partial charge is 0.407 e. The zero-order chi connectivity index (χ0) is 30.8. The Kier molecular flexibility index (Phi) is 9.23. The van der Waals surface area contributed by atoms with Gasteiger partial charge < -0.3 is 24.7 Å². The molecule has 0 aromatic heterocycles. The van der Waals surface area contributed by atoms with Crippen molar-refractivity contribution in [2.24, 2.45) is 0 Å². The number of ether oxygens (including phenoxy) is 1. The van der Waals surface area contributed by atoms with Crippen LogP contribution < -0.4 is 4.74 Å². The first-order valence-electron chi connectivity index (χ1n) is 15.4. The monoisotopic (exact) mass is 606 g/mol. The molecular formula is C35H43ClN2O5. The normalized spacial score (nSPS) is 18.3. The lowest BCUT2D eigenvalue weighted by molar-refractivity contribution is -0.143. The van der Waals surface area contributed by atoms with Crippen LogP contribution in [0.5, 0.6) is 5.75 Å². The molecule has 3 aromatic carbocycles. The molecule has 1 heterocycles. The molecule has 1 saturated carbocycles. The molecule has 3 aromatic rings. The van der Waals surface area contributed by atoms with Crippen molar-refractivity contribution >= 4 is 34.4 Å². The van der Waals surface area contributed by atoms with Gasteiger partial charge in [0, 0.05) is 24.7 Å². The van der Waals surface area contributed by atoms with E-state index in [0.717, 1.165) is 30.2 Å². The highest BCUT2D eigenvalue weighted by atomic mass is 35.5. The number of rotatable bonds is 7. The molecule has 2 fully saturated rings. The highest BCUT2D eigenvalue weighted by Gasteiger charge is 2.46. The van der Waals surface area contributed by atoms with Crippen LogP contribution in [0.15, 0.2) is 60.7 Å². The first-order chi connectivity index (χ1) is 20.5. The third kappa shape index (κ3) is 6.94. The molecule has 2 aliphatic rings. The number of halogens is 1. The Balaban J connectivity index is 1.33. The second-order valence-corrected chi connectivity index (χ2v) is 13.5. The van der Waals surface area contributed by atoms with Gasteiger partial charge in [-0.1, -0.05) is 73.3 Å². The summed E-state index contributed by atoms with van der Waals surface area (Å²) in [7, 11) is 0. The number of likely N-dealkylation sites (tertiary alicyclic amines) is 1. The number of hydrogen-bond donors (Lipinski definition) is 2. The summed E-state index contributed by atoms with van der Waals surface area (Å²) in [4.78, 5) is 29.5. The maximum Gasteiger partial charge on any atom is 0.407 e. The number of benzene rings is 3. The maximum atomic E-state index is 14.2. The number of nitrogens with zero attached hydrogens (tertiary/aromatic N) is 2. The van der Waals surface area contributed by atoms with Gasteiger partial charge >= 0.3 is 6.09 Å². The van der Waals surface area contributed by atoms with Crippen LogP contribution in [0, 0.1) is 0 Å². The van der Waals surface area contributed by atoms with E-state index >= 15 is 0 Å². The fourth-order valence-corrected chi connectivity index (χ4v) is 7.20. The molecule has 8 heteroatoms. The molecule has 1 atom stereocenters. The van der Waals surface area contributed by atoms with Gasteiger partial charge in [0.15, 0.2) is 0 Å². The van der Waals surface area contributed by atoms with Gasteiger partial charge in [0.1, 0.15) is 12.4 Å². The molecule has 2 N–H and O–H groups in total. The van der Waals surface area contributed by atoms with Crippen LogP contribution >= 0.6 is 11.6 Å². The van der Waals surface area contributed by atoms with Crippen LogP contribution in [0.3, 0.4) is 0 Å². The Hall–Kier alpha value is -3.29. The Bertz CT molecular complexity index is 1450. The number of piperidine rings is 1. The molecule has 230 valence electrons. The molecule has 43 heavy (non-hydrogen) atoms. The Labute approximate surface area is 259 Å². The minimum absolute atomic E-state index is 0.124. The maximum absolute atomic E-state index is 14.2. The average molecular weight is 607 g/mol. The van der Waals surface area contributed by atoms with Crippen molar-refractivity contribution in [3.8, 4) is 5.75 Å². The Morgan fingerprint density at radius 3 is 2.30 bits per heavy atom. The second-order valence-electron chi connectivity index (χ2n) is 13.1. The number of carbonyl (C=O) groups is 2. The molecule has 0 spiro atoms. The lowest BCUT2D eigenvalue weighted by Crippen LogP contribution is -2.56. The van der Waals surface area contributed by atoms with E-state index in [2.05, 4.69) is 24.3 Å². The zero-order valence-electron chi connectivity index (χ0n) is 25.4. The quantitative estimate of drug-likeness (QED) is 0.289. The van der Waals surface area contributed by atoms with E-state index in [-0.39, 0.29) is 11.9 Å². The van der Waals surface area contributed by atoms with Crippen LogP contribution in [0.1, 0.15) is 82.8 Å². The number of carbonyl (C=O) groups excluding carboxylic acids is 1. The van der Waals surface area contributed by atoms with E-state index in [9.17, 15) is 19.8 Å². The predicted molar refractivity (Wildman–Crippen MR) is 170 cm³/mol. The van der Waals surface area contributed by atoms with Gasteiger partial charge in [-0.05, 0) is 86.6 Å². The number of carboxylic acid groups (broad SMARTS) is 1. The van der Waals surface area contributed by atoms with Gasteiger partial charge in [-0.15, -0.1) is 0 Å². The lowest BCUT2D eigenvalue weighted by atomic mass is 9.72.